The Hall–Kier alpha value is -1.25. The molecule has 0 aliphatic heterocycles. The summed E-state index contributed by atoms with van der Waals surface area (Å²) in [5, 5.41) is 0. The van der Waals surface area contributed by atoms with Gasteiger partial charge in [-0.25, -0.2) is 8.78 Å². The molecule has 0 saturated heterocycles. The second kappa shape index (κ2) is 6.27. The average Bonchev–Trinajstić information content (AvgIpc) is 2.43. The summed E-state index contributed by atoms with van der Waals surface area (Å²) in [4.78, 5) is 12.2. The number of rotatable bonds is 4. The molecule has 1 aliphatic carbocycles. The van der Waals surface area contributed by atoms with Crippen LogP contribution >= 0.6 is 0 Å². The van der Waals surface area contributed by atoms with Crippen molar-refractivity contribution in [1.29, 1.82) is 0 Å². The van der Waals surface area contributed by atoms with Crippen molar-refractivity contribution in [3.8, 4) is 0 Å². The Balaban J connectivity index is 1.98. The number of Topliss-reactive ketones (excluding diaryl/α,β-unsaturated/α-hetero) is 1. The van der Waals surface area contributed by atoms with Crippen LogP contribution in [0.25, 0.3) is 0 Å². The molecule has 0 aromatic heterocycles. The topological polar surface area (TPSA) is 17.1 Å². The van der Waals surface area contributed by atoms with Crippen LogP contribution < -0.4 is 0 Å². The van der Waals surface area contributed by atoms with Crippen molar-refractivity contribution in [3.05, 3.63) is 35.4 Å². The third-order valence-corrected chi connectivity index (χ3v) is 4.18. The molecule has 1 aromatic rings. The summed E-state index contributed by atoms with van der Waals surface area (Å²) in [5.74, 6) is -0.816. The molecule has 0 bridgehead atoms. The zero-order valence-corrected chi connectivity index (χ0v) is 11.3. The minimum absolute atomic E-state index is 0.104. The third kappa shape index (κ3) is 3.62. The van der Waals surface area contributed by atoms with Crippen LogP contribution in [0.15, 0.2) is 18.2 Å². The summed E-state index contributed by atoms with van der Waals surface area (Å²) in [6, 6.07) is 3.72. The molecule has 2 rings (SSSR count). The Bertz CT molecular complexity index is 456. The fourth-order valence-electron chi connectivity index (χ4n) is 2.95. The number of halogens is 2. The van der Waals surface area contributed by atoms with Gasteiger partial charge in [0.05, 0.1) is 0 Å². The smallest absolute Gasteiger partial charge is 0.159 e. The zero-order chi connectivity index (χ0) is 13.8. The van der Waals surface area contributed by atoms with Gasteiger partial charge in [0.2, 0.25) is 0 Å². The zero-order valence-electron chi connectivity index (χ0n) is 11.3. The van der Waals surface area contributed by atoms with Gasteiger partial charge >= 0.3 is 0 Å². The number of benzene rings is 1. The highest BCUT2D eigenvalue weighted by atomic mass is 19.2. The maximum absolute atomic E-state index is 13.1. The molecule has 0 N–H and O–H groups in total. The first-order chi connectivity index (χ1) is 9.10. The molecule has 2 unspecified atom stereocenters. The van der Waals surface area contributed by atoms with Crippen molar-refractivity contribution in [3.63, 3.8) is 0 Å². The lowest BCUT2D eigenvalue weighted by atomic mass is 9.77. The number of carbonyl (C=O) groups excluding carboxylic acids is 1. The van der Waals surface area contributed by atoms with Crippen LogP contribution in [0.3, 0.4) is 0 Å². The predicted octanol–water partition coefficient (Wildman–Crippen LogP) is 4.29. The van der Waals surface area contributed by atoms with Gasteiger partial charge in [0.15, 0.2) is 11.6 Å². The van der Waals surface area contributed by atoms with E-state index in [9.17, 15) is 13.6 Å². The second-order valence-corrected chi connectivity index (χ2v) is 5.53. The summed E-state index contributed by atoms with van der Waals surface area (Å²) in [5.41, 5.74) is 0.572. The van der Waals surface area contributed by atoms with Gasteiger partial charge in [0, 0.05) is 12.3 Å². The van der Waals surface area contributed by atoms with Gasteiger partial charge in [-0.05, 0) is 36.5 Å². The van der Waals surface area contributed by atoms with Gasteiger partial charge in [-0.1, -0.05) is 32.3 Å². The Morgan fingerprint density at radius 2 is 2.05 bits per heavy atom. The highest BCUT2D eigenvalue weighted by Gasteiger charge is 2.26. The number of hydrogen-bond acceptors (Lipinski definition) is 1. The van der Waals surface area contributed by atoms with E-state index in [4.69, 9.17) is 0 Å². The maximum atomic E-state index is 13.1. The van der Waals surface area contributed by atoms with Crippen LogP contribution in [-0.4, -0.2) is 5.78 Å². The molecule has 2 atom stereocenters. The second-order valence-electron chi connectivity index (χ2n) is 5.53. The molecule has 1 aliphatic rings. The number of ketones is 1. The summed E-state index contributed by atoms with van der Waals surface area (Å²) in [6.07, 6.45) is 5.56. The molecule has 1 fully saturated rings. The SMILES string of the molecule is CCC1CCCC(C(=O)Cc2ccc(F)c(F)c2)C1. The van der Waals surface area contributed by atoms with Crippen molar-refractivity contribution in [2.24, 2.45) is 11.8 Å². The van der Waals surface area contributed by atoms with Gasteiger partial charge < -0.3 is 0 Å². The van der Waals surface area contributed by atoms with Gasteiger partial charge in [-0.15, -0.1) is 0 Å². The lowest BCUT2D eigenvalue weighted by Gasteiger charge is -2.27. The molecule has 104 valence electrons. The lowest BCUT2D eigenvalue weighted by molar-refractivity contribution is -0.123. The average molecular weight is 266 g/mol. The fraction of sp³-hybridized carbons (Fsp3) is 0.562. The van der Waals surface area contributed by atoms with E-state index >= 15 is 0 Å². The molecular weight excluding hydrogens is 246 g/mol. The minimum Gasteiger partial charge on any atom is -0.299 e. The maximum Gasteiger partial charge on any atom is 0.159 e. The van der Waals surface area contributed by atoms with Crippen molar-refractivity contribution in [2.45, 2.75) is 45.4 Å². The van der Waals surface area contributed by atoms with Gasteiger partial charge in [0.1, 0.15) is 5.78 Å². The lowest BCUT2D eigenvalue weighted by Crippen LogP contribution is -2.24. The molecule has 0 amide bonds. The normalized spacial score (nSPS) is 23.3. The number of carbonyl (C=O) groups is 1. The quantitative estimate of drug-likeness (QED) is 0.794. The molecule has 0 radical (unpaired) electrons. The Labute approximate surface area is 113 Å². The van der Waals surface area contributed by atoms with E-state index in [-0.39, 0.29) is 18.1 Å². The van der Waals surface area contributed by atoms with Crippen LogP contribution in [0.1, 0.15) is 44.6 Å². The first-order valence-electron chi connectivity index (χ1n) is 7.06. The Kier molecular flexibility index (Phi) is 4.67. The first kappa shape index (κ1) is 14.2. The van der Waals surface area contributed by atoms with E-state index in [1.165, 1.54) is 12.5 Å². The molecule has 1 saturated carbocycles. The third-order valence-electron chi connectivity index (χ3n) is 4.18. The predicted molar refractivity (Wildman–Crippen MR) is 70.8 cm³/mol. The van der Waals surface area contributed by atoms with E-state index in [0.29, 0.717) is 11.5 Å². The van der Waals surface area contributed by atoms with E-state index in [2.05, 4.69) is 6.92 Å². The molecule has 0 spiro atoms. The fourth-order valence-corrected chi connectivity index (χ4v) is 2.95. The molecule has 3 heteroatoms. The monoisotopic (exact) mass is 266 g/mol. The van der Waals surface area contributed by atoms with Crippen molar-refractivity contribution in [2.75, 3.05) is 0 Å². The van der Waals surface area contributed by atoms with Gasteiger partial charge in [-0.3, -0.25) is 4.79 Å². The van der Waals surface area contributed by atoms with Crippen LogP contribution in [0, 0.1) is 23.5 Å². The summed E-state index contributed by atoms with van der Waals surface area (Å²) in [6.45, 7) is 2.16. The molecule has 0 heterocycles. The van der Waals surface area contributed by atoms with Crippen molar-refractivity contribution < 1.29 is 13.6 Å². The van der Waals surface area contributed by atoms with Crippen molar-refractivity contribution >= 4 is 5.78 Å². The van der Waals surface area contributed by atoms with Crippen molar-refractivity contribution in [1.82, 2.24) is 0 Å². The standard InChI is InChI=1S/C16H20F2O/c1-2-11-4-3-5-13(8-11)16(19)10-12-6-7-14(17)15(18)9-12/h6-7,9,11,13H,2-5,8,10H2,1H3. The van der Waals surface area contributed by atoms with Gasteiger partial charge in [-0.2, -0.15) is 0 Å². The Morgan fingerprint density at radius 1 is 1.26 bits per heavy atom. The van der Waals surface area contributed by atoms with E-state index in [1.54, 1.807) is 0 Å². The first-order valence-corrected chi connectivity index (χ1v) is 7.06. The van der Waals surface area contributed by atoms with Gasteiger partial charge in [0.25, 0.3) is 0 Å². The molecule has 1 nitrogen and oxygen atoms in total. The highest BCUT2D eigenvalue weighted by Crippen LogP contribution is 2.32. The molecule has 19 heavy (non-hydrogen) atoms. The summed E-state index contributed by atoms with van der Waals surface area (Å²) >= 11 is 0. The summed E-state index contributed by atoms with van der Waals surface area (Å²) < 4.78 is 25.9. The van der Waals surface area contributed by atoms with Crippen LogP contribution in [0.2, 0.25) is 0 Å². The summed E-state index contributed by atoms with van der Waals surface area (Å²) in [7, 11) is 0. The number of hydrogen-bond donors (Lipinski definition) is 0. The van der Waals surface area contributed by atoms with Crippen LogP contribution in [-0.2, 0) is 11.2 Å². The highest BCUT2D eigenvalue weighted by molar-refractivity contribution is 5.83. The molecule has 1 aromatic carbocycles. The molecular formula is C16H20F2O. The Morgan fingerprint density at radius 3 is 2.74 bits per heavy atom. The van der Waals surface area contributed by atoms with E-state index in [1.807, 2.05) is 0 Å². The largest absolute Gasteiger partial charge is 0.299 e. The minimum atomic E-state index is -0.875. The van der Waals surface area contributed by atoms with E-state index in [0.717, 1.165) is 37.8 Å². The van der Waals surface area contributed by atoms with Crippen LogP contribution in [0.5, 0.6) is 0 Å². The van der Waals surface area contributed by atoms with E-state index < -0.39 is 11.6 Å². The van der Waals surface area contributed by atoms with Crippen LogP contribution in [0.4, 0.5) is 8.78 Å².